The second-order valence-corrected chi connectivity index (χ2v) is 16.2. The number of hydrogen-bond acceptors (Lipinski definition) is 7. The van der Waals surface area contributed by atoms with E-state index in [-0.39, 0.29) is 35.1 Å². The Hall–Kier alpha value is -2.11. The van der Waals surface area contributed by atoms with Crippen LogP contribution in [-0.4, -0.2) is 57.5 Å². The first-order valence-electron chi connectivity index (χ1n) is 10.5. The number of esters is 1. The fourth-order valence-corrected chi connectivity index (χ4v) is 7.16. The van der Waals surface area contributed by atoms with Crippen molar-refractivity contribution in [2.45, 2.75) is 70.0 Å². The van der Waals surface area contributed by atoms with Crippen LogP contribution in [-0.2, 0) is 36.2 Å². The Bertz CT molecular complexity index is 944. The number of fused-ring (bicyclic) bond motifs is 1. The van der Waals surface area contributed by atoms with Crippen LogP contribution in [0.1, 0.15) is 33.3 Å². The van der Waals surface area contributed by atoms with Gasteiger partial charge in [-0.15, -0.1) is 0 Å². The number of β-lactam (4-membered cyclic amide) rings is 1. The predicted molar refractivity (Wildman–Crippen MR) is 122 cm³/mol. The summed E-state index contributed by atoms with van der Waals surface area (Å²) in [5.41, 5.74) is 0.532. The minimum absolute atomic E-state index is 0.0211. The fourth-order valence-electron chi connectivity index (χ4n) is 3.76. The lowest BCUT2D eigenvalue weighted by molar-refractivity contribution is -0.384. The molecule has 0 saturated carbocycles. The van der Waals surface area contributed by atoms with Crippen LogP contribution >= 0.6 is 0 Å². The summed E-state index contributed by atoms with van der Waals surface area (Å²) in [6.07, 6.45) is -0.386. The summed E-state index contributed by atoms with van der Waals surface area (Å²) < 4.78 is 24.4. The number of benzene rings is 1. The zero-order valence-electron chi connectivity index (χ0n) is 19.2. The van der Waals surface area contributed by atoms with E-state index in [9.17, 15) is 23.9 Å². The molecular formula is C21H30N2O7SSi. The van der Waals surface area contributed by atoms with Crippen molar-refractivity contribution < 1.29 is 27.9 Å². The monoisotopic (exact) mass is 482 g/mol. The Labute approximate surface area is 191 Å². The molecule has 0 aliphatic carbocycles. The summed E-state index contributed by atoms with van der Waals surface area (Å²) in [6.45, 7) is 12.3. The summed E-state index contributed by atoms with van der Waals surface area (Å²) >= 11 is 0. The van der Waals surface area contributed by atoms with E-state index in [1.165, 1.54) is 29.2 Å². The molecule has 0 unspecified atom stereocenters. The SMILES string of the molecule is C[C@@H](O[Si](C)(C)C(C)(C)C)[C@H]1C(=O)N2[C@@H](C(=O)OCc3ccc([N+](=O)[O-])cc3)C[S@](=O)[C@H]12. The first-order chi connectivity index (χ1) is 14.7. The molecule has 5 atom stereocenters. The van der Waals surface area contributed by atoms with Gasteiger partial charge in [-0.1, -0.05) is 20.8 Å². The molecule has 2 fully saturated rings. The number of hydrogen-bond donors (Lipinski definition) is 0. The molecule has 9 nitrogen and oxygen atoms in total. The first kappa shape index (κ1) is 24.5. The van der Waals surface area contributed by atoms with Gasteiger partial charge < -0.3 is 14.1 Å². The van der Waals surface area contributed by atoms with Crippen LogP contribution in [0.3, 0.4) is 0 Å². The van der Waals surface area contributed by atoms with Gasteiger partial charge in [0, 0.05) is 22.9 Å². The highest BCUT2D eigenvalue weighted by molar-refractivity contribution is 7.86. The summed E-state index contributed by atoms with van der Waals surface area (Å²) in [5.74, 6) is -1.34. The van der Waals surface area contributed by atoms with E-state index >= 15 is 0 Å². The Morgan fingerprint density at radius 2 is 1.91 bits per heavy atom. The van der Waals surface area contributed by atoms with E-state index in [2.05, 4.69) is 33.9 Å². The molecule has 2 heterocycles. The topological polar surface area (TPSA) is 116 Å². The van der Waals surface area contributed by atoms with E-state index < -0.39 is 47.3 Å². The number of nitro benzene ring substituents is 1. The van der Waals surface area contributed by atoms with Gasteiger partial charge in [-0.25, -0.2) is 4.79 Å². The van der Waals surface area contributed by atoms with Crippen molar-refractivity contribution in [2.24, 2.45) is 5.92 Å². The molecule has 3 rings (SSSR count). The highest BCUT2D eigenvalue weighted by Crippen LogP contribution is 2.44. The number of rotatable bonds is 7. The van der Waals surface area contributed by atoms with Crippen molar-refractivity contribution >= 4 is 36.7 Å². The number of carbonyl (C=O) groups is 2. The molecule has 176 valence electrons. The highest BCUT2D eigenvalue weighted by Gasteiger charge is 2.62. The molecule has 2 aliphatic rings. The van der Waals surface area contributed by atoms with Gasteiger partial charge in [-0.05, 0) is 42.8 Å². The van der Waals surface area contributed by atoms with Crippen LogP contribution in [0.25, 0.3) is 0 Å². The maximum atomic E-state index is 12.9. The maximum absolute atomic E-state index is 12.9. The number of amides is 1. The maximum Gasteiger partial charge on any atom is 0.330 e. The van der Waals surface area contributed by atoms with Crippen LogP contribution in [0.15, 0.2) is 24.3 Å². The van der Waals surface area contributed by atoms with Gasteiger partial charge in [0.05, 0.1) is 22.7 Å². The third kappa shape index (κ3) is 4.51. The summed E-state index contributed by atoms with van der Waals surface area (Å²) in [4.78, 5) is 37.1. The van der Waals surface area contributed by atoms with Gasteiger partial charge in [0.2, 0.25) is 5.91 Å². The molecule has 2 saturated heterocycles. The molecule has 0 N–H and O–H groups in total. The van der Waals surface area contributed by atoms with Crippen molar-refractivity contribution in [1.82, 2.24) is 4.90 Å². The standard InChI is InChI=1S/C21H30N2O7SSi/c1-13(30-32(5,6)21(2,3)4)17-18(24)22-16(12-31(28)19(17)22)20(25)29-11-14-7-9-15(10-8-14)23(26)27/h7-10,13,16-17,19H,11-12H2,1-6H3/t13-,16-,17+,19-,31+/m1/s1. The Kier molecular flexibility index (Phi) is 6.65. The summed E-state index contributed by atoms with van der Waals surface area (Å²) in [5, 5.41) is 10.2. The van der Waals surface area contributed by atoms with Crippen molar-refractivity contribution in [3.05, 3.63) is 39.9 Å². The Balaban J connectivity index is 1.62. The molecule has 1 amide bonds. The number of ether oxygens (including phenoxy) is 1. The lowest BCUT2D eigenvalue weighted by Crippen LogP contribution is -2.66. The summed E-state index contributed by atoms with van der Waals surface area (Å²) in [6, 6.07) is 4.79. The van der Waals surface area contributed by atoms with E-state index in [1.54, 1.807) is 0 Å². The van der Waals surface area contributed by atoms with Gasteiger partial charge in [-0.2, -0.15) is 0 Å². The molecule has 1 aromatic rings. The normalized spacial score (nSPS) is 26.3. The molecule has 1 aromatic carbocycles. The quantitative estimate of drug-likeness (QED) is 0.193. The molecule has 32 heavy (non-hydrogen) atoms. The van der Waals surface area contributed by atoms with E-state index in [1.807, 2.05) is 6.92 Å². The van der Waals surface area contributed by atoms with E-state index in [0.717, 1.165) is 0 Å². The largest absolute Gasteiger partial charge is 0.459 e. The highest BCUT2D eigenvalue weighted by atomic mass is 32.2. The molecular weight excluding hydrogens is 452 g/mol. The second-order valence-electron chi connectivity index (χ2n) is 9.84. The second kappa shape index (κ2) is 8.68. The Morgan fingerprint density at radius 3 is 2.44 bits per heavy atom. The third-order valence-electron chi connectivity index (χ3n) is 6.64. The van der Waals surface area contributed by atoms with Crippen molar-refractivity contribution in [3.63, 3.8) is 0 Å². The fraction of sp³-hybridized carbons (Fsp3) is 0.619. The van der Waals surface area contributed by atoms with Gasteiger partial charge in [-0.3, -0.25) is 19.1 Å². The lowest BCUT2D eigenvalue weighted by Gasteiger charge is -2.48. The molecule has 0 radical (unpaired) electrons. The average molecular weight is 483 g/mol. The Morgan fingerprint density at radius 1 is 1.31 bits per heavy atom. The number of nitro groups is 1. The van der Waals surface area contributed by atoms with Gasteiger partial charge in [0.1, 0.15) is 18.0 Å². The van der Waals surface area contributed by atoms with E-state index in [4.69, 9.17) is 9.16 Å². The van der Waals surface area contributed by atoms with Crippen LogP contribution in [0.5, 0.6) is 0 Å². The van der Waals surface area contributed by atoms with Crippen LogP contribution < -0.4 is 0 Å². The molecule has 0 aromatic heterocycles. The van der Waals surface area contributed by atoms with Gasteiger partial charge in [0.25, 0.3) is 5.69 Å². The minimum atomic E-state index is -2.11. The third-order valence-corrected chi connectivity index (χ3v) is 12.9. The smallest absolute Gasteiger partial charge is 0.330 e. The number of non-ortho nitro benzene ring substituents is 1. The first-order valence-corrected chi connectivity index (χ1v) is 14.8. The number of carbonyl (C=O) groups excluding carboxylic acids is 2. The van der Waals surface area contributed by atoms with Gasteiger partial charge in [0.15, 0.2) is 8.32 Å². The van der Waals surface area contributed by atoms with E-state index in [0.29, 0.717) is 5.56 Å². The van der Waals surface area contributed by atoms with Crippen molar-refractivity contribution in [2.75, 3.05) is 5.75 Å². The lowest BCUT2D eigenvalue weighted by atomic mass is 9.91. The summed E-state index contributed by atoms with van der Waals surface area (Å²) in [7, 11) is -3.49. The zero-order chi connectivity index (χ0) is 24.0. The molecule has 0 bridgehead atoms. The molecule has 2 aliphatic heterocycles. The van der Waals surface area contributed by atoms with Crippen molar-refractivity contribution in [1.29, 1.82) is 0 Å². The number of nitrogens with zero attached hydrogens (tertiary/aromatic N) is 2. The van der Waals surface area contributed by atoms with Crippen LogP contribution in [0.4, 0.5) is 5.69 Å². The van der Waals surface area contributed by atoms with Crippen LogP contribution in [0.2, 0.25) is 18.1 Å². The van der Waals surface area contributed by atoms with Gasteiger partial charge >= 0.3 is 5.97 Å². The minimum Gasteiger partial charge on any atom is -0.459 e. The average Bonchev–Trinajstić information content (AvgIpc) is 2.97. The predicted octanol–water partition coefficient (Wildman–Crippen LogP) is 2.96. The zero-order valence-corrected chi connectivity index (χ0v) is 21.0. The molecule has 0 spiro atoms. The molecule has 11 heteroatoms. The van der Waals surface area contributed by atoms with Crippen LogP contribution in [0, 0.1) is 16.0 Å². The van der Waals surface area contributed by atoms with Crippen molar-refractivity contribution in [3.8, 4) is 0 Å².